The van der Waals surface area contributed by atoms with E-state index in [2.05, 4.69) is 0 Å². The number of carbonyl (C=O) groups excluding carboxylic acids is 1. The molecule has 4 nitrogen and oxygen atoms in total. The van der Waals surface area contributed by atoms with Crippen LogP contribution in [-0.4, -0.2) is 47.0 Å². The minimum Gasteiger partial charge on any atom is -0.359 e. The van der Waals surface area contributed by atoms with Gasteiger partial charge in [-0.25, -0.2) is 4.79 Å². The van der Waals surface area contributed by atoms with E-state index in [9.17, 15) is 4.79 Å². The number of carbonyl (C=O) groups is 1. The Morgan fingerprint density at radius 3 is 2.43 bits per heavy atom. The number of likely N-dealkylation sites (tertiary alicyclic amines) is 1. The van der Waals surface area contributed by atoms with Crippen LogP contribution in [0.5, 0.6) is 0 Å². The molecule has 0 aliphatic carbocycles. The molecule has 1 unspecified atom stereocenters. The molecule has 2 amide bonds. The van der Waals surface area contributed by atoms with E-state index in [4.69, 9.17) is 0 Å². The average molecular weight is 195 g/mol. The second-order valence-electron chi connectivity index (χ2n) is 3.98. The molecular weight excluding hydrogens is 178 g/mol. The number of nitrogens with zero attached hydrogens (tertiary/aromatic N) is 3. The monoisotopic (exact) mass is 195 g/mol. The molecule has 0 aromatic rings. The van der Waals surface area contributed by atoms with Gasteiger partial charge in [0.05, 0.1) is 0 Å². The summed E-state index contributed by atoms with van der Waals surface area (Å²) in [6.07, 6.45) is 6.26. The highest BCUT2D eigenvalue weighted by Crippen LogP contribution is 2.18. The fourth-order valence-electron chi connectivity index (χ4n) is 1.92. The van der Waals surface area contributed by atoms with E-state index >= 15 is 0 Å². The third kappa shape index (κ3) is 1.45. The van der Waals surface area contributed by atoms with Gasteiger partial charge in [0.15, 0.2) is 0 Å². The maximum atomic E-state index is 12.0. The minimum absolute atomic E-state index is 0.149. The highest BCUT2D eigenvalue weighted by atomic mass is 16.2. The van der Waals surface area contributed by atoms with Crippen LogP contribution < -0.4 is 0 Å². The molecule has 0 aromatic carbocycles. The van der Waals surface area contributed by atoms with E-state index in [1.807, 2.05) is 36.2 Å². The van der Waals surface area contributed by atoms with Crippen LogP contribution in [0.1, 0.15) is 19.8 Å². The zero-order valence-electron chi connectivity index (χ0n) is 8.81. The fraction of sp³-hybridized carbons (Fsp3) is 0.700. The molecule has 1 fully saturated rings. The molecule has 0 spiro atoms. The Kier molecular flexibility index (Phi) is 2.35. The smallest absolute Gasteiger partial charge is 0.325 e. The van der Waals surface area contributed by atoms with Gasteiger partial charge < -0.3 is 9.80 Å². The van der Waals surface area contributed by atoms with Gasteiger partial charge in [-0.2, -0.15) is 0 Å². The van der Waals surface area contributed by atoms with Crippen molar-refractivity contribution in [3.8, 4) is 0 Å². The third-order valence-electron chi connectivity index (χ3n) is 3.05. The van der Waals surface area contributed by atoms with Crippen LogP contribution in [-0.2, 0) is 0 Å². The summed E-state index contributed by atoms with van der Waals surface area (Å²) in [4.78, 5) is 17.7. The SMILES string of the molecule is CC1N(C)C=CN1C(=O)N1CCCC1. The van der Waals surface area contributed by atoms with Gasteiger partial charge in [0, 0.05) is 32.5 Å². The first-order chi connectivity index (χ1) is 6.70. The van der Waals surface area contributed by atoms with Gasteiger partial charge in [0.2, 0.25) is 0 Å². The summed E-state index contributed by atoms with van der Waals surface area (Å²) in [6.45, 7) is 3.87. The highest BCUT2D eigenvalue weighted by molar-refractivity contribution is 5.76. The van der Waals surface area contributed by atoms with E-state index in [0.29, 0.717) is 0 Å². The van der Waals surface area contributed by atoms with Crippen molar-refractivity contribution >= 4 is 6.03 Å². The van der Waals surface area contributed by atoms with E-state index in [1.54, 1.807) is 4.90 Å². The first kappa shape index (κ1) is 9.37. The lowest BCUT2D eigenvalue weighted by Gasteiger charge is -2.29. The standard InChI is InChI=1S/C10H17N3O/c1-9-11(2)7-8-13(9)10(14)12-5-3-4-6-12/h7-9H,3-6H2,1-2H3. The molecule has 1 saturated heterocycles. The lowest BCUT2D eigenvalue weighted by atomic mass is 10.4. The number of urea groups is 1. The third-order valence-corrected chi connectivity index (χ3v) is 3.05. The Hall–Kier alpha value is -1.19. The molecule has 2 aliphatic heterocycles. The first-order valence-corrected chi connectivity index (χ1v) is 5.17. The van der Waals surface area contributed by atoms with Crippen molar-refractivity contribution in [1.82, 2.24) is 14.7 Å². The van der Waals surface area contributed by atoms with Gasteiger partial charge in [-0.1, -0.05) is 0 Å². The maximum Gasteiger partial charge on any atom is 0.325 e. The van der Waals surface area contributed by atoms with Crippen molar-refractivity contribution < 1.29 is 4.79 Å². The van der Waals surface area contributed by atoms with Gasteiger partial charge in [-0.05, 0) is 19.8 Å². The lowest BCUT2D eigenvalue weighted by molar-refractivity contribution is 0.147. The van der Waals surface area contributed by atoms with Gasteiger partial charge >= 0.3 is 6.03 Å². The number of hydrogen-bond donors (Lipinski definition) is 0. The summed E-state index contributed by atoms with van der Waals surface area (Å²) in [7, 11) is 1.98. The van der Waals surface area contributed by atoms with Crippen LogP contribution in [0.25, 0.3) is 0 Å². The summed E-state index contributed by atoms with van der Waals surface area (Å²) in [6, 6.07) is 0.149. The van der Waals surface area contributed by atoms with Crippen molar-refractivity contribution in [3.05, 3.63) is 12.4 Å². The van der Waals surface area contributed by atoms with Crippen LogP contribution in [0.4, 0.5) is 4.79 Å². The molecule has 4 heteroatoms. The number of rotatable bonds is 0. The van der Waals surface area contributed by atoms with Crippen molar-refractivity contribution in [2.24, 2.45) is 0 Å². The van der Waals surface area contributed by atoms with E-state index in [1.165, 1.54) is 0 Å². The predicted molar refractivity (Wildman–Crippen MR) is 54.4 cm³/mol. The summed E-state index contributed by atoms with van der Waals surface area (Å²) in [5, 5.41) is 0. The zero-order valence-corrected chi connectivity index (χ0v) is 8.81. The zero-order chi connectivity index (χ0) is 10.1. The van der Waals surface area contributed by atoms with Crippen LogP contribution in [0.2, 0.25) is 0 Å². The van der Waals surface area contributed by atoms with Gasteiger partial charge in [-0.15, -0.1) is 0 Å². The Labute approximate surface area is 84.8 Å². The molecule has 0 radical (unpaired) electrons. The first-order valence-electron chi connectivity index (χ1n) is 5.17. The Balaban J connectivity index is 2.01. The van der Waals surface area contributed by atoms with Gasteiger partial charge in [0.25, 0.3) is 0 Å². The molecule has 2 rings (SSSR count). The topological polar surface area (TPSA) is 26.8 Å². The Morgan fingerprint density at radius 2 is 1.93 bits per heavy atom. The fourth-order valence-corrected chi connectivity index (χ4v) is 1.92. The Bertz CT molecular complexity index is 258. The summed E-state index contributed by atoms with van der Waals surface area (Å²) >= 11 is 0. The maximum absolute atomic E-state index is 12.0. The molecule has 0 N–H and O–H groups in total. The number of hydrogen-bond acceptors (Lipinski definition) is 2. The van der Waals surface area contributed by atoms with Crippen molar-refractivity contribution in [2.45, 2.75) is 25.9 Å². The second kappa shape index (κ2) is 3.52. The quantitative estimate of drug-likeness (QED) is 0.582. The van der Waals surface area contributed by atoms with Crippen LogP contribution in [0.3, 0.4) is 0 Å². The molecule has 1 atom stereocenters. The summed E-state index contributed by atoms with van der Waals surface area (Å²) in [5.41, 5.74) is 0. The summed E-state index contributed by atoms with van der Waals surface area (Å²) in [5.74, 6) is 0. The summed E-state index contributed by atoms with van der Waals surface area (Å²) < 4.78 is 0. The predicted octanol–water partition coefficient (Wildman–Crippen LogP) is 1.27. The molecule has 14 heavy (non-hydrogen) atoms. The minimum atomic E-state index is 0.149. The van der Waals surface area contributed by atoms with Crippen molar-refractivity contribution in [2.75, 3.05) is 20.1 Å². The molecular formula is C10H17N3O. The molecule has 0 saturated carbocycles. The molecule has 2 aliphatic rings. The van der Waals surface area contributed by atoms with Crippen molar-refractivity contribution in [3.63, 3.8) is 0 Å². The van der Waals surface area contributed by atoms with E-state index < -0.39 is 0 Å². The van der Waals surface area contributed by atoms with E-state index in [-0.39, 0.29) is 12.2 Å². The van der Waals surface area contributed by atoms with Crippen LogP contribution >= 0.6 is 0 Å². The molecule has 0 aromatic heterocycles. The molecule has 0 bridgehead atoms. The van der Waals surface area contributed by atoms with Gasteiger partial charge in [0.1, 0.15) is 6.17 Å². The van der Waals surface area contributed by atoms with Crippen LogP contribution in [0, 0.1) is 0 Å². The average Bonchev–Trinajstić information content (AvgIpc) is 2.77. The lowest BCUT2D eigenvalue weighted by Crippen LogP contribution is -2.44. The second-order valence-corrected chi connectivity index (χ2v) is 3.98. The molecule has 78 valence electrons. The Morgan fingerprint density at radius 1 is 1.29 bits per heavy atom. The van der Waals surface area contributed by atoms with Crippen molar-refractivity contribution in [1.29, 1.82) is 0 Å². The highest BCUT2D eigenvalue weighted by Gasteiger charge is 2.29. The normalized spacial score (nSPS) is 26.4. The van der Waals surface area contributed by atoms with Crippen LogP contribution in [0.15, 0.2) is 12.4 Å². The largest absolute Gasteiger partial charge is 0.359 e. The van der Waals surface area contributed by atoms with Gasteiger partial charge in [-0.3, -0.25) is 4.90 Å². The molecule has 2 heterocycles. The number of amides is 2. The van der Waals surface area contributed by atoms with E-state index in [0.717, 1.165) is 25.9 Å².